The van der Waals surface area contributed by atoms with Gasteiger partial charge >= 0.3 is 11.9 Å². The molecule has 0 aromatic carbocycles. The van der Waals surface area contributed by atoms with Crippen LogP contribution in [0.15, 0.2) is 0 Å². The molecule has 21 heavy (non-hydrogen) atoms. The summed E-state index contributed by atoms with van der Waals surface area (Å²) in [5, 5.41) is 10.3. The lowest BCUT2D eigenvalue weighted by Crippen LogP contribution is -2.62. The first kappa shape index (κ1) is 15.2. The van der Waals surface area contributed by atoms with Crippen molar-refractivity contribution in [3.8, 4) is 0 Å². The zero-order valence-corrected chi connectivity index (χ0v) is 12.4. The van der Waals surface area contributed by atoms with Crippen molar-refractivity contribution in [2.24, 2.45) is 17.3 Å². The molecule has 4 nitrogen and oxygen atoms in total. The van der Waals surface area contributed by atoms with E-state index in [0.717, 1.165) is 32.1 Å². The minimum atomic E-state index is -3.46. The van der Waals surface area contributed by atoms with Crippen molar-refractivity contribution in [1.82, 2.24) is 0 Å². The molecule has 0 heterocycles. The van der Waals surface area contributed by atoms with E-state index in [0.29, 0.717) is 6.92 Å². The van der Waals surface area contributed by atoms with Crippen molar-refractivity contribution in [2.75, 3.05) is 13.7 Å². The van der Waals surface area contributed by atoms with Crippen LogP contribution >= 0.6 is 0 Å². The van der Waals surface area contributed by atoms with E-state index in [9.17, 15) is 18.7 Å². The Morgan fingerprint density at radius 2 is 1.86 bits per heavy atom. The molecule has 4 bridgehead atoms. The predicted octanol–water partition coefficient (Wildman–Crippen LogP) is 2.14. The second kappa shape index (κ2) is 4.62. The summed E-state index contributed by atoms with van der Waals surface area (Å²) in [4.78, 5) is 11.3. The largest absolute Gasteiger partial charge is 0.461 e. The standard InChI is InChI=1S/C15H22F2O4/c1-13(16,17)12(19)21-8-14-3-9-5-15(7-14,20-2)6-10(4-14)11(9)18/h9-11,18H,3-8H2,1-2H3. The van der Waals surface area contributed by atoms with Gasteiger partial charge in [-0.05, 0) is 43.9 Å². The fraction of sp³-hybridized carbons (Fsp3) is 0.933. The fourth-order valence-electron chi connectivity index (χ4n) is 4.97. The molecule has 0 aromatic rings. The van der Waals surface area contributed by atoms with E-state index < -0.39 is 11.9 Å². The highest BCUT2D eigenvalue weighted by Crippen LogP contribution is 2.62. The summed E-state index contributed by atoms with van der Waals surface area (Å²) in [6.45, 7) is 0.551. The van der Waals surface area contributed by atoms with Crippen LogP contribution in [0.4, 0.5) is 8.78 Å². The lowest BCUT2D eigenvalue weighted by atomic mass is 9.47. The maximum Gasteiger partial charge on any atom is 0.376 e. The average Bonchev–Trinajstić information content (AvgIpc) is 2.40. The first-order valence-corrected chi connectivity index (χ1v) is 7.47. The van der Waals surface area contributed by atoms with Crippen molar-refractivity contribution in [1.29, 1.82) is 0 Å². The second-order valence-corrected chi connectivity index (χ2v) is 7.36. The van der Waals surface area contributed by atoms with E-state index >= 15 is 0 Å². The topological polar surface area (TPSA) is 55.8 Å². The Hall–Kier alpha value is -0.750. The third-order valence-electron chi connectivity index (χ3n) is 5.62. The fourth-order valence-corrected chi connectivity index (χ4v) is 4.97. The van der Waals surface area contributed by atoms with Gasteiger partial charge in [0.25, 0.3) is 0 Å². The summed E-state index contributed by atoms with van der Waals surface area (Å²) in [5.41, 5.74) is -0.603. The van der Waals surface area contributed by atoms with Crippen LogP contribution < -0.4 is 0 Å². The van der Waals surface area contributed by atoms with Crippen molar-refractivity contribution in [2.45, 2.75) is 56.7 Å². The first-order valence-electron chi connectivity index (χ1n) is 7.47. The van der Waals surface area contributed by atoms with Crippen molar-refractivity contribution in [3.63, 3.8) is 0 Å². The van der Waals surface area contributed by atoms with Gasteiger partial charge in [0.2, 0.25) is 0 Å². The number of aliphatic hydroxyl groups is 1. The molecule has 0 aromatic heterocycles. The number of aliphatic hydroxyl groups excluding tert-OH is 1. The molecule has 6 heteroatoms. The van der Waals surface area contributed by atoms with Crippen LogP contribution in [-0.2, 0) is 14.3 Å². The summed E-state index contributed by atoms with van der Waals surface area (Å²) >= 11 is 0. The molecule has 0 spiro atoms. The number of rotatable bonds is 4. The third-order valence-corrected chi connectivity index (χ3v) is 5.62. The van der Waals surface area contributed by atoms with Crippen LogP contribution in [0.3, 0.4) is 0 Å². The van der Waals surface area contributed by atoms with Gasteiger partial charge in [-0.3, -0.25) is 0 Å². The zero-order chi connectivity index (χ0) is 15.5. The monoisotopic (exact) mass is 304 g/mol. The van der Waals surface area contributed by atoms with Gasteiger partial charge in [-0.1, -0.05) is 0 Å². The summed E-state index contributed by atoms with van der Waals surface area (Å²) in [7, 11) is 1.67. The van der Waals surface area contributed by atoms with Crippen molar-refractivity contribution >= 4 is 5.97 Å². The van der Waals surface area contributed by atoms with Crippen LogP contribution in [0, 0.1) is 17.3 Å². The lowest BCUT2D eigenvalue weighted by Gasteiger charge is -2.62. The zero-order valence-electron chi connectivity index (χ0n) is 12.4. The predicted molar refractivity (Wildman–Crippen MR) is 69.8 cm³/mol. The number of halogens is 2. The van der Waals surface area contributed by atoms with Gasteiger partial charge in [-0.15, -0.1) is 0 Å². The Morgan fingerprint density at radius 1 is 1.29 bits per heavy atom. The maximum atomic E-state index is 12.9. The highest BCUT2D eigenvalue weighted by molar-refractivity contribution is 5.76. The summed E-state index contributed by atoms with van der Waals surface area (Å²) in [6.07, 6.45) is 3.43. The van der Waals surface area contributed by atoms with Gasteiger partial charge in [-0.2, -0.15) is 8.78 Å². The van der Waals surface area contributed by atoms with E-state index in [2.05, 4.69) is 0 Å². The SMILES string of the molecule is COC12CC3CC(COC(=O)C(C)(F)F)(CC(C1)C3O)C2. The number of hydrogen-bond acceptors (Lipinski definition) is 4. The molecule has 2 atom stereocenters. The molecular formula is C15H22F2O4. The van der Waals surface area contributed by atoms with Crippen LogP contribution in [0.5, 0.6) is 0 Å². The Balaban J connectivity index is 1.75. The normalized spacial score (nSPS) is 44.9. The second-order valence-electron chi connectivity index (χ2n) is 7.36. The lowest BCUT2D eigenvalue weighted by molar-refractivity contribution is -0.232. The minimum absolute atomic E-state index is 0.0000926. The molecule has 4 fully saturated rings. The molecular weight excluding hydrogens is 282 g/mol. The van der Waals surface area contributed by atoms with Gasteiger partial charge in [0.05, 0.1) is 18.3 Å². The Labute approximate surface area is 122 Å². The molecule has 0 aliphatic heterocycles. The van der Waals surface area contributed by atoms with Gasteiger partial charge in [0.15, 0.2) is 0 Å². The van der Waals surface area contributed by atoms with E-state index in [4.69, 9.17) is 9.47 Å². The number of carbonyl (C=O) groups is 1. The number of methoxy groups -OCH3 is 1. The molecule has 120 valence electrons. The average molecular weight is 304 g/mol. The number of ether oxygens (including phenoxy) is 2. The molecule has 4 aliphatic carbocycles. The summed E-state index contributed by atoms with van der Waals surface area (Å²) in [5.74, 6) is -4.69. The van der Waals surface area contributed by atoms with Gasteiger partial charge < -0.3 is 14.6 Å². The smallest absolute Gasteiger partial charge is 0.376 e. The van der Waals surface area contributed by atoms with Crippen LogP contribution in [-0.4, -0.2) is 42.4 Å². The Morgan fingerprint density at radius 3 is 2.33 bits per heavy atom. The molecule has 4 aliphatic rings. The van der Waals surface area contributed by atoms with E-state index in [1.807, 2.05) is 0 Å². The van der Waals surface area contributed by atoms with Gasteiger partial charge in [-0.25, -0.2) is 4.79 Å². The van der Waals surface area contributed by atoms with E-state index in [-0.39, 0.29) is 35.6 Å². The Kier molecular flexibility index (Phi) is 3.34. The maximum absolute atomic E-state index is 12.9. The highest BCUT2D eigenvalue weighted by atomic mass is 19.3. The highest BCUT2D eigenvalue weighted by Gasteiger charge is 2.62. The first-order chi connectivity index (χ1) is 9.69. The molecule has 1 N–H and O–H groups in total. The molecule has 0 saturated heterocycles. The molecule has 0 radical (unpaired) electrons. The molecule has 2 unspecified atom stereocenters. The summed E-state index contributed by atoms with van der Waals surface area (Å²) in [6, 6.07) is 0. The van der Waals surface area contributed by atoms with Crippen molar-refractivity contribution in [3.05, 3.63) is 0 Å². The number of carbonyl (C=O) groups excluding carboxylic acids is 1. The van der Waals surface area contributed by atoms with Crippen LogP contribution in [0.1, 0.15) is 39.0 Å². The van der Waals surface area contributed by atoms with Crippen molar-refractivity contribution < 1.29 is 28.2 Å². The van der Waals surface area contributed by atoms with E-state index in [1.54, 1.807) is 7.11 Å². The summed E-state index contributed by atoms with van der Waals surface area (Å²) < 4.78 is 36.5. The van der Waals surface area contributed by atoms with Gasteiger partial charge in [0.1, 0.15) is 0 Å². The van der Waals surface area contributed by atoms with Gasteiger partial charge in [0, 0.05) is 19.4 Å². The van der Waals surface area contributed by atoms with E-state index in [1.165, 1.54) is 0 Å². The number of hydrogen-bond donors (Lipinski definition) is 1. The minimum Gasteiger partial charge on any atom is -0.461 e. The molecule has 4 saturated carbocycles. The number of alkyl halides is 2. The molecule has 0 amide bonds. The molecule has 4 rings (SSSR count). The quantitative estimate of drug-likeness (QED) is 0.809. The third kappa shape index (κ3) is 2.46. The van der Waals surface area contributed by atoms with Crippen LogP contribution in [0.25, 0.3) is 0 Å². The Bertz CT molecular complexity index is 429. The van der Waals surface area contributed by atoms with Crippen LogP contribution in [0.2, 0.25) is 0 Å². The number of esters is 1.